The minimum absolute atomic E-state index is 0.176. The fraction of sp³-hybridized carbons (Fsp3) is 0.286. The number of alkyl halides is 3. The van der Waals surface area contributed by atoms with Crippen molar-refractivity contribution in [1.29, 1.82) is 5.26 Å². The van der Waals surface area contributed by atoms with Crippen LogP contribution in [0.2, 0.25) is 5.02 Å². The first kappa shape index (κ1) is 24.5. The van der Waals surface area contributed by atoms with Gasteiger partial charge in [0.1, 0.15) is 12.4 Å². The second-order valence-electron chi connectivity index (χ2n) is 6.94. The summed E-state index contributed by atoms with van der Waals surface area (Å²) < 4.78 is 41.2. The molecule has 7 nitrogen and oxygen atoms in total. The maximum absolute atomic E-state index is 13.3. The normalized spacial score (nSPS) is 12.3. The highest BCUT2D eigenvalue weighted by Crippen LogP contribution is 2.33. The van der Waals surface area contributed by atoms with Crippen molar-refractivity contribution in [2.24, 2.45) is 0 Å². The number of pyridine rings is 1. The summed E-state index contributed by atoms with van der Waals surface area (Å²) in [5.74, 6) is 0.672. The molecule has 3 rings (SSSR count). The molecule has 3 aromatic rings. The molecule has 0 aliphatic heterocycles. The number of aromatic nitrogens is 4. The summed E-state index contributed by atoms with van der Waals surface area (Å²) in [6.45, 7) is 1.96. The Bertz CT molecular complexity index is 1180. The summed E-state index contributed by atoms with van der Waals surface area (Å²) >= 11 is 7.37. The van der Waals surface area contributed by atoms with Crippen molar-refractivity contribution < 1.29 is 18.0 Å². The summed E-state index contributed by atoms with van der Waals surface area (Å²) in [6.07, 6.45) is -0.106. The van der Waals surface area contributed by atoms with Crippen LogP contribution in [0.25, 0.3) is 5.82 Å². The van der Waals surface area contributed by atoms with Crippen LogP contribution in [-0.4, -0.2) is 49.1 Å². The number of nitrogens with zero attached hydrogens (tertiary/aromatic N) is 6. The number of nitriles is 1. The van der Waals surface area contributed by atoms with Crippen LogP contribution in [0, 0.1) is 11.3 Å². The molecule has 0 saturated heterocycles. The molecule has 0 saturated carbocycles. The smallest absolute Gasteiger partial charge is 0.328 e. The molecule has 0 aliphatic carbocycles. The van der Waals surface area contributed by atoms with E-state index in [9.17, 15) is 18.0 Å². The van der Waals surface area contributed by atoms with Gasteiger partial charge in [-0.3, -0.25) is 4.79 Å². The van der Waals surface area contributed by atoms with Gasteiger partial charge in [-0.25, -0.2) is 9.97 Å². The van der Waals surface area contributed by atoms with E-state index in [4.69, 9.17) is 16.9 Å². The molecule has 0 fully saturated rings. The second kappa shape index (κ2) is 10.2. The fourth-order valence-corrected chi connectivity index (χ4v) is 3.75. The Morgan fingerprint density at radius 1 is 1.30 bits per heavy atom. The Labute approximate surface area is 197 Å². The van der Waals surface area contributed by atoms with E-state index < -0.39 is 23.7 Å². The predicted molar refractivity (Wildman–Crippen MR) is 118 cm³/mol. The van der Waals surface area contributed by atoms with Gasteiger partial charge in [-0.05, 0) is 43.5 Å². The SMILES string of the molecule is CSCCN(C(=O)c1cc(Cl)cc(C(F)(F)F)c1)C(C)c1ncnn1-c1ccc(C#N)cn1. The third-order valence-corrected chi connectivity index (χ3v) is 5.59. The first-order valence-corrected chi connectivity index (χ1v) is 11.4. The third-order valence-electron chi connectivity index (χ3n) is 4.78. The lowest BCUT2D eigenvalue weighted by Gasteiger charge is -2.29. The van der Waals surface area contributed by atoms with E-state index in [1.807, 2.05) is 12.3 Å². The highest BCUT2D eigenvalue weighted by atomic mass is 35.5. The van der Waals surface area contributed by atoms with Crippen LogP contribution >= 0.6 is 23.4 Å². The van der Waals surface area contributed by atoms with Crippen molar-refractivity contribution >= 4 is 29.3 Å². The molecular formula is C21H18ClF3N6OS. The highest BCUT2D eigenvalue weighted by Gasteiger charge is 2.33. The molecular weight excluding hydrogens is 477 g/mol. The van der Waals surface area contributed by atoms with Crippen LogP contribution in [0.4, 0.5) is 13.2 Å². The Hall–Kier alpha value is -3.10. The van der Waals surface area contributed by atoms with Crippen LogP contribution in [0.3, 0.4) is 0 Å². The van der Waals surface area contributed by atoms with Gasteiger partial charge in [0.15, 0.2) is 11.6 Å². The number of amides is 1. The van der Waals surface area contributed by atoms with Crippen molar-refractivity contribution in [1.82, 2.24) is 24.6 Å². The number of benzene rings is 1. The zero-order chi connectivity index (χ0) is 24.2. The molecule has 1 amide bonds. The van der Waals surface area contributed by atoms with Crippen LogP contribution in [0.5, 0.6) is 0 Å². The summed E-state index contributed by atoms with van der Waals surface area (Å²) in [6, 6.07) is 7.26. The number of halogens is 4. The predicted octanol–water partition coefficient (Wildman–Crippen LogP) is 4.77. The van der Waals surface area contributed by atoms with Crippen molar-refractivity contribution in [3.63, 3.8) is 0 Å². The van der Waals surface area contributed by atoms with Crippen molar-refractivity contribution in [2.75, 3.05) is 18.6 Å². The largest absolute Gasteiger partial charge is 0.416 e. The molecule has 1 unspecified atom stereocenters. The minimum atomic E-state index is -4.64. The molecule has 0 bridgehead atoms. The van der Waals surface area contributed by atoms with E-state index in [1.54, 1.807) is 19.1 Å². The zero-order valence-electron chi connectivity index (χ0n) is 17.5. The molecule has 12 heteroatoms. The summed E-state index contributed by atoms with van der Waals surface area (Å²) in [5, 5.41) is 12.9. The molecule has 0 N–H and O–H groups in total. The van der Waals surface area contributed by atoms with Crippen LogP contribution in [-0.2, 0) is 6.18 Å². The Kier molecular flexibility index (Phi) is 7.61. The number of thioether (sulfide) groups is 1. The van der Waals surface area contributed by atoms with Crippen molar-refractivity contribution in [3.05, 3.63) is 70.4 Å². The van der Waals surface area contributed by atoms with Gasteiger partial charge in [0.2, 0.25) is 0 Å². The molecule has 172 valence electrons. The summed E-state index contributed by atoms with van der Waals surface area (Å²) in [5.41, 5.74) is -0.808. The van der Waals surface area contributed by atoms with E-state index >= 15 is 0 Å². The zero-order valence-corrected chi connectivity index (χ0v) is 19.1. The standard InChI is InChI=1S/C21H18ClF3N6OS/c1-13(19-28-12-29-31(19)18-4-3-14(10-26)11-27-18)30(5-6-33-2)20(32)15-7-16(21(23,24)25)9-17(22)8-15/h3-4,7-9,11-13H,5-6H2,1-2H3. The Balaban J connectivity index is 1.99. The van der Waals surface area contributed by atoms with E-state index in [0.717, 1.165) is 12.1 Å². The van der Waals surface area contributed by atoms with E-state index in [1.165, 1.54) is 39.9 Å². The average molecular weight is 495 g/mol. The molecule has 0 radical (unpaired) electrons. The van der Waals surface area contributed by atoms with Gasteiger partial charge in [-0.15, -0.1) is 0 Å². The molecule has 2 aromatic heterocycles. The second-order valence-corrected chi connectivity index (χ2v) is 8.36. The number of hydrogen-bond donors (Lipinski definition) is 0. The maximum atomic E-state index is 13.3. The van der Waals surface area contributed by atoms with Crippen LogP contribution in [0.1, 0.15) is 40.3 Å². The first-order chi connectivity index (χ1) is 15.7. The lowest BCUT2D eigenvalue weighted by Crippen LogP contribution is -2.37. The maximum Gasteiger partial charge on any atom is 0.416 e. The highest BCUT2D eigenvalue weighted by molar-refractivity contribution is 7.98. The van der Waals surface area contributed by atoms with Gasteiger partial charge in [0.25, 0.3) is 5.91 Å². The Morgan fingerprint density at radius 2 is 2.06 bits per heavy atom. The number of carbonyl (C=O) groups is 1. The number of rotatable bonds is 7. The minimum Gasteiger partial charge on any atom is -0.328 e. The van der Waals surface area contributed by atoms with E-state index in [-0.39, 0.29) is 17.1 Å². The molecule has 2 heterocycles. The van der Waals surface area contributed by atoms with E-state index in [2.05, 4.69) is 15.1 Å². The van der Waals surface area contributed by atoms with Gasteiger partial charge in [0.05, 0.1) is 17.2 Å². The lowest BCUT2D eigenvalue weighted by atomic mass is 10.1. The van der Waals surface area contributed by atoms with E-state index in [0.29, 0.717) is 23.0 Å². The monoisotopic (exact) mass is 494 g/mol. The Morgan fingerprint density at radius 3 is 2.67 bits per heavy atom. The van der Waals surface area contributed by atoms with Crippen LogP contribution in [0.15, 0.2) is 42.9 Å². The van der Waals surface area contributed by atoms with Crippen molar-refractivity contribution in [2.45, 2.75) is 19.1 Å². The topological polar surface area (TPSA) is 87.7 Å². The number of hydrogen-bond acceptors (Lipinski definition) is 6. The lowest BCUT2D eigenvalue weighted by molar-refractivity contribution is -0.137. The summed E-state index contributed by atoms with van der Waals surface area (Å²) in [4.78, 5) is 23.2. The van der Waals surface area contributed by atoms with Gasteiger partial charge in [-0.2, -0.15) is 40.0 Å². The molecule has 33 heavy (non-hydrogen) atoms. The summed E-state index contributed by atoms with van der Waals surface area (Å²) in [7, 11) is 0. The van der Waals surface area contributed by atoms with Crippen LogP contribution < -0.4 is 0 Å². The third kappa shape index (κ3) is 5.64. The van der Waals surface area contributed by atoms with Gasteiger partial charge in [0, 0.05) is 29.1 Å². The fourth-order valence-electron chi connectivity index (χ4n) is 3.13. The molecule has 0 spiro atoms. The first-order valence-electron chi connectivity index (χ1n) is 9.60. The molecule has 0 aliphatic rings. The van der Waals surface area contributed by atoms with Gasteiger partial charge < -0.3 is 4.90 Å². The van der Waals surface area contributed by atoms with Crippen molar-refractivity contribution in [3.8, 4) is 11.9 Å². The van der Waals surface area contributed by atoms with Gasteiger partial charge in [-0.1, -0.05) is 11.6 Å². The van der Waals surface area contributed by atoms with Gasteiger partial charge >= 0.3 is 6.18 Å². The molecule has 1 aromatic carbocycles. The quantitative estimate of drug-likeness (QED) is 0.470. The average Bonchev–Trinajstić information content (AvgIpc) is 3.28. The molecule has 1 atom stereocenters. The number of carbonyl (C=O) groups excluding carboxylic acids is 1.